The van der Waals surface area contributed by atoms with Crippen molar-refractivity contribution in [3.63, 3.8) is 0 Å². The van der Waals surface area contributed by atoms with E-state index in [2.05, 4.69) is 12.2 Å². The molecule has 162 valence electrons. The third-order valence-electron chi connectivity index (χ3n) is 4.88. The Morgan fingerprint density at radius 3 is 2.33 bits per heavy atom. The van der Waals surface area contributed by atoms with E-state index >= 15 is 0 Å². The van der Waals surface area contributed by atoms with Crippen LogP contribution in [0.2, 0.25) is 0 Å². The van der Waals surface area contributed by atoms with Crippen LogP contribution in [0.1, 0.15) is 19.8 Å². The molecule has 30 heavy (non-hydrogen) atoms. The van der Waals surface area contributed by atoms with Crippen LogP contribution < -0.4 is 10.1 Å². The summed E-state index contributed by atoms with van der Waals surface area (Å²) in [6, 6.07) is 7.17. The number of hydrogen-bond donors (Lipinski definition) is 1. The summed E-state index contributed by atoms with van der Waals surface area (Å²) in [6.45, 7) is 2.51. The number of carbonyl (C=O) groups excluding carboxylic acids is 1. The molecule has 0 aromatic heterocycles. The largest absolute Gasteiger partial charge is 0.484 e. The molecule has 10 heteroatoms. The molecule has 0 spiro atoms. The van der Waals surface area contributed by atoms with Crippen LogP contribution in [-0.4, -0.2) is 38.3 Å². The summed E-state index contributed by atoms with van der Waals surface area (Å²) in [7, 11) is -3.60. The zero-order valence-corrected chi connectivity index (χ0v) is 17.0. The number of hydrogen-bond acceptors (Lipinski definition) is 4. The smallest absolute Gasteiger partial charge is 0.262 e. The van der Waals surface area contributed by atoms with Gasteiger partial charge >= 0.3 is 0 Å². The van der Waals surface area contributed by atoms with Crippen molar-refractivity contribution in [3.05, 3.63) is 53.8 Å². The van der Waals surface area contributed by atoms with Gasteiger partial charge in [-0.05, 0) is 55.2 Å². The molecule has 2 aromatic rings. The maximum Gasteiger partial charge on any atom is 0.262 e. The fourth-order valence-electron chi connectivity index (χ4n) is 3.04. The Balaban J connectivity index is 1.58. The molecule has 0 atom stereocenters. The van der Waals surface area contributed by atoms with Crippen molar-refractivity contribution in [1.29, 1.82) is 0 Å². The Morgan fingerprint density at radius 2 is 1.70 bits per heavy atom. The fourth-order valence-corrected chi connectivity index (χ4v) is 4.51. The van der Waals surface area contributed by atoms with Crippen molar-refractivity contribution >= 4 is 21.6 Å². The van der Waals surface area contributed by atoms with Gasteiger partial charge in [0.05, 0.1) is 10.6 Å². The zero-order valence-electron chi connectivity index (χ0n) is 16.2. The molecule has 3 rings (SSSR count). The summed E-state index contributed by atoms with van der Waals surface area (Å²) in [5.74, 6) is -4.63. The van der Waals surface area contributed by atoms with Gasteiger partial charge in [0.1, 0.15) is 5.75 Å². The Hall–Kier alpha value is -2.59. The molecule has 1 aliphatic heterocycles. The van der Waals surface area contributed by atoms with Crippen LogP contribution >= 0.6 is 0 Å². The van der Waals surface area contributed by atoms with Crippen molar-refractivity contribution in [1.82, 2.24) is 4.31 Å². The normalized spacial score (nSPS) is 15.7. The van der Waals surface area contributed by atoms with Crippen molar-refractivity contribution < 1.29 is 31.1 Å². The Labute approximate surface area is 172 Å². The van der Waals surface area contributed by atoms with E-state index < -0.39 is 45.7 Å². The molecule has 6 nitrogen and oxygen atoms in total. The van der Waals surface area contributed by atoms with Crippen molar-refractivity contribution in [3.8, 4) is 5.75 Å². The highest BCUT2D eigenvalue weighted by molar-refractivity contribution is 7.89. The molecule has 2 aromatic carbocycles. The number of ether oxygens (including phenoxy) is 1. The van der Waals surface area contributed by atoms with E-state index in [1.165, 1.54) is 28.6 Å². The zero-order chi connectivity index (χ0) is 21.9. The topological polar surface area (TPSA) is 75.7 Å². The van der Waals surface area contributed by atoms with Crippen molar-refractivity contribution in [2.75, 3.05) is 25.0 Å². The van der Waals surface area contributed by atoms with Crippen LogP contribution in [0.3, 0.4) is 0 Å². The van der Waals surface area contributed by atoms with E-state index in [0.29, 0.717) is 25.1 Å². The van der Waals surface area contributed by atoms with Gasteiger partial charge in [-0.2, -0.15) is 4.31 Å². The molecule has 1 heterocycles. The van der Waals surface area contributed by atoms with Gasteiger partial charge in [-0.25, -0.2) is 21.6 Å². The SMILES string of the molecule is CC1CCN(S(=O)(=O)c2ccc(OCC(=O)Nc3ccc(F)c(F)c3F)cc2)CC1. The second-order valence-electron chi connectivity index (χ2n) is 7.12. The molecule has 0 aliphatic carbocycles. The molecule has 0 radical (unpaired) electrons. The predicted molar refractivity (Wildman–Crippen MR) is 104 cm³/mol. The molecular formula is C20H21F3N2O4S. The maximum atomic E-state index is 13.6. The number of piperidine rings is 1. The van der Waals surface area contributed by atoms with Crippen LogP contribution in [0, 0.1) is 23.4 Å². The first kappa shape index (κ1) is 22.1. The molecular weight excluding hydrogens is 421 g/mol. The first-order valence-corrected chi connectivity index (χ1v) is 10.8. The summed E-state index contributed by atoms with van der Waals surface area (Å²) in [4.78, 5) is 12.0. The number of benzene rings is 2. The first-order chi connectivity index (χ1) is 14.2. The number of nitrogens with zero attached hydrogens (tertiary/aromatic N) is 1. The predicted octanol–water partition coefficient (Wildman–Crippen LogP) is 3.54. The van der Waals surface area contributed by atoms with Gasteiger partial charge in [-0.3, -0.25) is 4.79 Å². The standard InChI is InChI=1S/C20H21F3N2O4S/c1-13-8-10-25(11-9-13)30(27,28)15-4-2-14(3-5-15)29-12-18(26)24-17-7-6-16(21)19(22)20(17)23/h2-7,13H,8-12H2,1H3,(H,24,26). The fraction of sp³-hybridized carbons (Fsp3) is 0.350. The third-order valence-corrected chi connectivity index (χ3v) is 6.80. The van der Waals surface area contributed by atoms with E-state index in [4.69, 9.17) is 4.74 Å². The number of amides is 1. The maximum absolute atomic E-state index is 13.6. The Morgan fingerprint density at radius 1 is 1.07 bits per heavy atom. The minimum absolute atomic E-state index is 0.123. The Kier molecular flexibility index (Phi) is 6.67. The molecule has 1 aliphatic rings. The number of sulfonamides is 1. The molecule has 0 unspecified atom stereocenters. The monoisotopic (exact) mass is 442 g/mol. The lowest BCUT2D eigenvalue weighted by atomic mass is 10.0. The van der Waals surface area contributed by atoms with Gasteiger partial charge in [0, 0.05) is 13.1 Å². The average molecular weight is 442 g/mol. The summed E-state index contributed by atoms with van der Waals surface area (Å²) >= 11 is 0. The Bertz CT molecular complexity index is 1020. The summed E-state index contributed by atoms with van der Waals surface area (Å²) in [6.07, 6.45) is 1.63. The van der Waals surface area contributed by atoms with E-state index in [-0.39, 0.29) is 10.6 Å². The first-order valence-electron chi connectivity index (χ1n) is 9.35. The summed E-state index contributed by atoms with van der Waals surface area (Å²) in [5.41, 5.74) is -0.514. The number of carbonyl (C=O) groups is 1. The number of rotatable bonds is 6. The number of anilines is 1. The minimum atomic E-state index is -3.60. The molecule has 1 N–H and O–H groups in total. The number of halogens is 3. The molecule has 1 fully saturated rings. The lowest BCUT2D eigenvalue weighted by Gasteiger charge is -2.29. The van der Waals surface area contributed by atoms with Crippen LogP contribution in [0.5, 0.6) is 5.75 Å². The van der Waals surface area contributed by atoms with Crippen molar-refractivity contribution in [2.24, 2.45) is 5.92 Å². The van der Waals surface area contributed by atoms with Crippen LogP contribution in [0.15, 0.2) is 41.3 Å². The summed E-state index contributed by atoms with van der Waals surface area (Å²) < 4.78 is 71.8. The second kappa shape index (κ2) is 9.05. The van der Waals surface area contributed by atoms with Crippen molar-refractivity contribution in [2.45, 2.75) is 24.7 Å². The molecule has 1 amide bonds. The van der Waals surface area contributed by atoms with Gasteiger partial charge in [0.25, 0.3) is 5.91 Å². The molecule has 0 saturated carbocycles. The van der Waals surface area contributed by atoms with Gasteiger partial charge in [0.2, 0.25) is 10.0 Å². The highest BCUT2D eigenvalue weighted by atomic mass is 32.2. The van der Waals surface area contributed by atoms with Gasteiger partial charge in [0.15, 0.2) is 24.1 Å². The lowest BCUT2D eigenvalue weighted by Crippen LogP contribution is -2.37. The molecule has 1 saturated heterocycles. The van der Waals surface area contributed by atoms with Crippen LogP contribution in [0.4, 0.5) is 18.9 Å². The van der Waals surface area contributed by atoms with E-state index in [0.717, 1.165) is 18.9 Å². The number of nitrogens with one attached hydrogen (secondary N) is 1. The van der Waals surface area contributed by atoms with E-state index in [1.54, 1.807) is 0 Å². The van der Waals surface area contributed by atoms with Crippen LogP contribution in [-0.2, 0) is 14.8 Å². The molecule has 0 bridgehead atoms. The van der Waals surface area contributed by atoms with E-state index in [9.17, 15) is 26.4 Å². The lowest BCUT2D eigenvalue weighted by molar-refractivity contribution is -0.118. The average Bonchev–Trinajstić information content (AvgIpc) is 2.73. The highest BCUT2D eigenvalue weighted by Crippen LogP contribution is 2.25. The van der Waals surface area contributed by atoms with Gasteiger partial charge in [-0.15, -0.1) is 0 Å². The second-order valence-corrected chi connectivity index (χ2v) is 9.06. The minimum Gasteiger partial charge on any atom is -0.484 e. The van der Waals surface area contributed by atoms with Crippen LogP contribution in [0.25, 0.3) is 0 Å². The van der Waals surface area contributed by atoms with Gasteiger partial charge in [-0.1, -0.05) is 6.92 Å². The van der Waals surface area contributed by atoms with E-state index in [1.807, 2.05) is 0 Å². The quantitative estimate of drug-likeness (QED) is 0.695. The summed E-state index contributed by atoms with van der Waals surface area (Å²) in [5, 5.41) is 2.08. The third kappa shape index (κ3) is 4.93. The highest BCUT2D eigenvalue weighted by Gasteiger charge is 2.28. The van der Waals surface area contributed by atoms with Gasteiger partial charge < -0.3 is 10.1 Å².